The number of carbonyl (C=O) groups is 3. The van der Waals surface area contributed by atoms with E-state index in [1.165, 1.54) is 0 Å². The number of rotatable bonds is 4. The van der Waals surface area contributed by atoms with E-state index >= 15 is 0 Å². The fourth-order valence-corrected chi connectivity index (χ4v) is 2.65. The molecule has 5 heteroatoms. The molecule has 0 radical (unpaired) electrons. The zero-order chi connectivity index (χ0) is 15.4. The van der Waals surface area contributed by atoms with Gasteiger partial charge in [-0.05, 0) is 24.6 Å². The standard InChI is InChI=1S/C16H18O5/c1-3-21-16(19)15-13(8-11(17)9-14(15)18)10-4-6-12(20-2)7-5-10/h4-7,13,15H,3,8-9H2,1-2H3. The lowest BCUT2D eigenvalue weighted by Gasteiger charge is -2.28. The molecule has 5 nitrogen and oxygen atoms in total. The van der Waals surface area contributed by atoms with E-state index in [0.717, 1.165) is 5.56 Å². The summed E-state index contributed by atoms with van der Waals surface area (Å²) in [5.41, 5.74) is 0.773. The second-order valence-electron chi connectivity index (χ2n) is 5.00. The summed E-state index contributed by atoms with van der Waals surface area (Å²) in [4.78, 5) is 35.8. The van der Waals surface area contributed by atoms with Crippen molar-refractivity contribution in [3.8, 4) is 5.75 Å². The van der Waals surface area contributed by atoms with Crippen LogP contribution in [0.5, 0.6) is 5.75 Å². The summed E-state index contributed by atoms with van der Waals surface area (Å²) in [5, 5.41) is 0. The molecule has 2 rings (SSSR count). The normalized spacial score (nSPS) is 22.0. The molecule has 21 heavy (non-hydrogen) atoms. The highest BCUT2D eigenvalue weighted by Crippen LogP contribution is 2.35. The fraction of sp³-hybridized carbons (Fsp3) is 0.438. The topological polar surface area (TPSA) is 69.7 Å². The van der Waals surface area contributed by atoms with Crippen LogP contribution in [0.15, 0.2) is 24.3 Å². The lowest BCUT2D eigenvalue weighted by atomic mass is 9.74. The molecule has 0 N–H and O–H groups in total. The van der Waals surface area contributed by atoms with E-state index in [2.05, 4.69) is 0 Å². The van der Waals surface area contributed by atoms with E-state index in [0.29, 0.717) is 5.75 Å². The fourth-order valence-electron chi connectivity index (χ4n) is 2.65. The van der Waals surface area contributed by atoms with Gasteiger partial charge < -0.3 is 9.47 Å². The molecule has 2 unspecified atom stereocenters. The number of benzene rings is 1. The number of hydrogen-bond acceptors (Lipinski definition) is 5. The lowest BCUT2D eigenvalue weighted by molar-refractivity contribution is -0.154. The maximum Gasteiger partial charge on any atom is 0.317 e. The van der Waals surface area contributed by atoms with Gasteiger partial charge in [-0.25, -0.2) is 0 Å². The SMILES string of the molecule is CCOC(=O)C1C(=O)CC(=O)CC1c1ccc(OC)cc1. The summed E-state index contributed by atoms with van der Waals surface area (Å²) in [5.74, 6) is -1.71. The summed E-state index contributed by atoms with van der Waals surface area (Å²) in [6.45, 7) is 1.91. The van der Waals surface area contributed by atoms with E-state index in [-0.39, 0.29) is 31.0 Å². The third kappa shape index (κ3) is 3.29. The first kappa shape index (κ1) is 15.2. The van der Waals surface area contributed by atoms with Crippen LogP contribution in [0.3, 0.4) is 0 Å². The molecule has 0 aromatic heterocycles. The summed E-state index contributed by atoms with van der Waals surface area (Å²) in [6, 6.07) is 7.06. The predicted octanol–water partition coefficient (Wildman–Crippen LogP) is 1.89. The number of carbonyl (C=O) groups excluding carboxylic acids is 3. The summed E-state index contributed by atoms with van der Waals surface area (Å²) >= 11 is 0. The second kappa shape index (κ2) is 6.52. The molecule has 0 aliphatic heterocycles. The molecule has 0 saturated heterocycles. The average molecular weight is 290 g/mol. The smallest absolute Gasteiger partial charge is 0.317 e. The van der Waals surface area contributed by atoms with Crippen LogP contribution in [0.2, 0.25) is 0 Å². The van der Waals surface area contributed by atoms with Crippen LogP contribution in [0.4, 0.5) is 0 Å². The molecule has 0 amide bonds. The van der Waals surface area contributed by atoms with Crippen molar-refractivity contribution >= 4 is 17.5 Å². The van der Waals surface area contributed by atoms with E-state index < -0.39 is 17.8 Å². The van der Waals surface area contributed by atoms with Crippen molar-refractivity contribution in [2.45, 2.75) is 25.7 Å². The molecule has 0 spiro atoms. The van der Waals surface area contributed by atoms with Crippen LogP contribution in [0.25, 0.3) is 0 Å². The second-order valence-corrected chi connectivity index (χ2v) is 5.00. The summed E-state index contributed by atoms with van der Waals surface area (Å²) in [7, 11) is 1.56. The molecule has 1 saturated carbocycles. The molecule has 1 aliphatic carbocycles. The van der Waals surface area contributed by atoms with E-state index in [9.17, 15) is 14.4 Å². The predicted molar refractivity (Wildman–Crippen MR) is 75.1 cm³/mol. The molecule has 2 atom stereocenters. The van der Waals surface area contributed by atoms with Gasteiger partial charge in [-0.1, -0.05) is 12.1 Å². The van der Waals surface area contributed by atoms with Crippen molar-refractivity contribution in [2.24, 2.45) is 5.92 Å². The molecule has 1 aromatic carbocycles. The van der Waals surface area contributed by atoms with Gasteiger partial charge in [0.1, 0.15) is 17.5 Å². The number of esters is 1. The van der Waals surface area contributed by atoms with Gasteiger partial charge in [0.05, 0.1) is 20.1 Å². The van der Waals surface area contributed by atoms with Gasteiger partial charge in [-0.15, -0.1) is 0 Å². The van der Waals surface area contributed by atoms with Crippen LogP contribution >= 0.6 is 0 Å². The first-order valence-electron chi connectivity index (χ1n) is 6.91. The largest absolute Gasteiger partial charge is 0.497 e. The van der Waals surface area contributed by atoms with Crippen LogP contribution in [0.1, 0.15) is 31.2 Å². The third-order valence-electron chi connectivity index (χ3n) is 3.65. The number of hydrogen-bond donors (Lipinski definition) is 0. The molecule has 1 fully saturated rings. The minimum absolute atomic E-state index is 0.138. The maximum atomic E-state index is 12.1. The Bertz CT molecular complexity index is 546. The minimum atomic E-state index is -0.893. The number of Topliss-reactive ketones (excluding diaryl/α,β-unsaturated/α-hetero) is 2. The molecule has 0 bridgehead atoms. The van der Waals surface area contributed by atoms with Crippen molar-refractivity contribution in [3.05, 3.63) is 29.8 Å². The summed E-state index contributed by atoms with van der Waals surface area (Å²) < 4.78 is 10.1. The highest BCUT2D eigenvalue weighted by atomic mass is 16.5. The zero-order valence-electron chi connectivity index (χ0n) is 12.1. The van der Waals surface area contributed by atoms with Crippen molar-refractivity contribution in [2.75, 3.05) is 13.7 Å². The molecule has 112 valence electrons. The molecular weight excluding hydrogens is 272 g/mol. The Hall–Kier alpha value is -2.17. The highest BCUT2D eigenvalue weighted by molar-refractivity contribution is 6.11. The van der Waals surface area contributed by atoms with Crippen LogP contribution in [0, 0.1) is 5.92 Å². The first-order valence-corrected chi connectivity index (χ1v) is 6.91. The number of ether oxygens (including phenoxy) is 2. The Morgan fingerprint density at radius 3 is 2.48 bits per heavy atom. The third-order valence-corrected chi connectivity index (χ3v) is 3.65. The van der Waals surface area contributed by atoms with Crippen molar-refractivity contribution < 1.29 is 23.9 Å². The van der Waals surface area contributed by atoms with Gasteiger partial charge in [0.2, 0.25) is 0 Å². The van der Waals surface area contributed by atoms with Gasteiger partial charge >= 0.3 is 5.97 Å². The van der Waals surface area contributed by atoms with Gasteiger partial charge in [-0.2, -0.15) is 0 Å². The first-order chi connectivity index (χ1) is 10.1. The number of ketones is 2. The minimum Gasteiger partial charge on any atom is -0.497 e. The van der Waals surface area contributed by atoms with Gasteiger partial charge in [-0.3, -0.25) is 14.4 Å². The summed E-state index contributed by atoms with van der Waals surface area (Å²) in [6.07, 6.45) is -0.00230. The van der Waals surface area contributed by atoms with Crippen molar-refractivity contribution in [3.63, 3.8) is 0 Å². The monoisotopic (exact) mass is 290 g/mol. The van der Waals surface area contributed by atoms with E-state index in [1.54, 1.807) is 38.3 Å². The quantitative estimate of drug-likeness (QED) is 0.625. The van der Waals surface area contributed by atoms with Crippen LogP contribution in [-0.2, 0) is 19.1 Å². The van der Waals surface area contributed by atoms with E-state index in [1.807, 2.05) is 0 Å². The van der Waals surface area contributed by atoms with Crippen LogP contribution < -0.4 is 4.74 Å². The van der Waals surface area contributed by atoms with Gasteiger partial charge in [0.25, 0.3) is 0 Å². The molecular formula is C16H18O5. The van der Waals surface area contributed by atoms with Crippen molar-refractivity contribution in [1.29, 1.82) is 0 Å². The van der Waals surface area contributed by atoms with Crippen LogP contribution in [-0.4, -0.2) is 31.3 Å². The Morgan fingerprint density at radius 2 is 1.90 bits per heavy atom. The van der Waals surface area contributed by atoms with Gasteiger partial charge in [0.15, 0.2) is 5.78 Å². The maximum absolute atomic E-state index is 12.1. The van der Waals surface area contributed by atoms with E-state index in [4.69, 9.17) is 9.47 Å². The number of methoxy groups -OCH3 is 1. The van der Waals surface area contributed by atoms with Crippen molar-refractivity contribution in [1.82, 2.24) is 0 Å². The lowest BCUT2D eigenvalue weighted by Crippen LogP contribution is -2.38. The zero-order valence-corrected chi connectivity index (χ0v) is 12.1. The molecule has 1 aliphatic rings. The highest BCUT2D eigenvalue weighted by Gasteiger charge is 2.42. The Morgan fingerprint density at radius 1 is 1.24 bits per heavy atom. The average Bonchev–Trinajstić information content (AvgIpc) is 2.46. The Balaban J connectivity index is 2.32. The molecule has 0 heterocycles. The molecule has 1 aromatic rings. The Labute approximate surface area is 123 Å². The van der Waals surface area contributed by atoms with Gasteiger partial charge in [0, 0.05) is 12.3 Å². The Kier molecular flexibility index (Phi) is 4.73.